The Hall–Kier alpha value is -2.97. The van der Waals surface area contributed by atoms with Gasteiger partial charge in [0.15, 0.2) is 0 Å². The van der Waals surface area contributed by atoms with Gasteiger partial charge in [-0.2, -0.15) is 0 Å². The molecule has 0 heterocycles. The molecule has 0 aliphatic rings. The average Bonchev–Trinajstić information content (AvgIpc) is 2.66. The molecule has 0 saturated heterocycles. The molecular weight excluding hydrogens is 371 g/mol. The minimum absolute atomic E-state index is 0.0333. The first-order valence-electron chi connectivity index (χ1n) is 8.65. The number of nitrogens with one attached hydrogen (secondary N) is 2. The first-order valence-corrected chi connectivity index (χ1v) is 8.65. The lowest BCUT2D eigenvalue weighted by atomic mass is 10.0. The molecule has 0 aliphatic carbocycles. The number of amides is 2. The molecule has 0 saturated carbocycles. The summed E-state index contributed by atoms with van der Waals surface area (Å²) >= 11 is 0. The molecule has 1 aromatic carbocycles. The molecule has 0 radical (unpaired) electrons. The number of halogens is 1. The largest absolute Gasteiger partial charge is 0.469 e. The highest BCUT2D eigenvalue weighted by Crippen LogP contribution is 2.11. The van der Waals surface area contributed by atoms with E-state index in [-0.39, 0.29) is 12.8 Å². The summed E-state index contributed by atoms with van der Waals surface area (Å²) in [7, 11) is 2.38. The molecule has 0 aliphatic heterocycles. The van der Waals surface area contributed by atoms with E-state index < -0.39 is 47.6 Å². The number of ether oxygens (including phenoxy) is 2. The van der Waals surface area contributed by atoms with Crippen LogP contribution in [0, 0.1) is 11.7 Å². The smallest absolute Gasteiger partial charge is 0.328 e. The van der Waals surface area contributed by atoms with E-state index in [2.05, 4.69) is 20.1 Å². The molecule has 2 N–H and O–H groups in total. The second-order valence-corrected chi connectivity index (χ2v) is 6.33. The summed E-state index contributed by atoms with van der Waals surface area (Å²) in [5, 5.41) is 5.01. The molecule has 0 spiro atoms. The second kappa shape index (κ2) is 11.0. The lowest BCUT2D eigenvalue weighted by molar-refractivity contribution is -0.149. The molecule has 1 aromatic rings. The number of hydrogen-bond donors (Lipinski definition) is 2. The average molecular weight is 396 g/mol. The molecule has 1 rings (SSSR count). The molecule has 3 atom stereocenters. The van der Waals surface area contributed by atoms with Crippen molar-refractivity contribution in [2.75, 3.05) is 14.2 Å². The van der Waals surface area contributed by atoms with E-state index in [0.29, 0.717) is 5.56 Å². The number of esters is 2. The van der Waals surface area contributed by atoms with Gasteiger partial charge in [0.05, 0.1) is 20.1 Å². The van der Waals surface area contributed by atoms with Gasteiger partial charge in [-0.05, 0) is 24.1 Å². The maximum Gasteiger partial charge on any atom is 0.328 e. The third-order valence-electron chi connectivity index (χ3n) is 4.04. The molecule has 9 heteroatoms. The molecular formula is C19H25FN2O6. The zero-order chi connectivity index (χ0) is 21.3. The van der Waals surface area contributed by atoms with Crippen LogP contribution in [-0.4, -0.2) is 50.1 Å². The van der Waals surface area contributed by atoms with Crippen LogP contribution in [0.1, 0.15) is 25.8 Å². The Kier molecular flexibility index (Phi) is 9.07. The third kappa shape index (κ3) is 7.34. The number of hydrogen-bond acceptors (Lipinski definition) is 6. The Morgan fingerprint density at radius 1 is 0.964 bits per heavy atom. The topological polar surface area (TPSA) is 111 Å². The van der Waals surface area contributed by atoms with Crippen LogP contribution in [0.5, 0.6) is 0 Å². The van der Waals surface area contributed by atoms with Gasteiger partial charge in [0, 0.05) is 13.3 Å². The van der Waals surface area contributed by atoms with E-state index in [1.807, 2.05) is 0 Å². The van der Waals surface area contributed by atoms with Gasteiger partial charge >= 0.3 is 11.9 Å². The van der Waals surface area contributed by atoms with Crippen LogP contribution in [0.4, 0.5) is 4.39 Å². The van der Waals surface area contributed by atoms with Crippen LogP contribution in [0.3, 0.4) is 0 Å². The SMILES string of the molecule is COC(=O)[C@@H](C)C[C@@H](NC(=O)[C@@H](Cc1ccc(F)cc1)NC(C)=O)C(=O)OC. The molecule has 8 nitrogen and oxygen atoms in total. The predicted molar refractivity (Wildman–Crippen MR) is 97.5 cm³/mol. The first kappa shape index (κ1) is 23.1. The molecule has 28 heavy (non-hydrogen) atoms. The minimum Gasteiger partial charge on any atom is -0.469 e. The molecule has 0 bridgehead atoms. The minimum atomic E-state index is -1.10. The fourth-order valence-corrected chi connectivity index (χ4v) is 2.59. The van der Waals surface area contributed by atoms with E-state index in [1.165, 1.54) is 38.3 Å². The number of benzene rings is 1. The van der Waals surface area contributed by atoms with Crippen molar-refractivity contribution in [3.63, 3.8) is 0 Å². The van der Waals surface area contributed by atoms with Gasteiger partial charge < -0.3 is 20.1 Å². The summed E-state index contributed by atoms with van der Waals surface area (Å²) in [5.41, 5.74) is 0.618. The van der Waals surface area contributed by atoms with E-state index in [4.69, 9.17) is 0 Å². The van der Waals surface area contributed by atoms with Crippen molar-refractivity contribution in [2.24, 2.45) is 5.92 Å². The number of carbonyl (C=O) groups excluding carboxylic acids is 4. The highest BCUT2D eigenvalue weighted by atomic mass is 19.1. The molecule has 0 fully saturated rings. The fourth-order valence-electron chi connectivity index (χ4n) is 2.59. The Balaban J connectivity index is 2.93. The summed E-state index contributed by atoms with van der Waals surface area (Å²) in [6.07, 6.45) is 0.0561. The van der Waals surface area contributed by atoms with Crippen LogP contribution < -0.4 is 10.6 Å². The highest BCUT2D eigenvalue weighted by Gasteiger charge is 2.30. The van der Waals surface area contributed by atoms with E-state index in [1.54, 1.807) is 6.92 Å². The molecule has 0 unspecified atom stereocenters. The number of rotatable bonds is 9. The van der Waals surface area contributed by atoms with Crippen LogP contribution in [0.2, 0.25) is 0 Å². The third-order valence-corrected chi connectivity index (χ3v) is 4.04. The van der Waals surface area contributed by atoms with Crippen molar-refractivity contribution >= 4 is 23.8 Å². The van der Waals surface area contributed by atoms with Gasteiger partial charge in [-0.3, -0.25) is 14.4 Å². The molecule has 154 valence electrons. The van der Waals surface area contributed by atoms with Crippen molar-refractivity contribution in [1.29, 1.82) is 0 Å². The lowest BCUT2D eigenvalue weighted by Gasteiger charge is -2.23. The van der Waals surface area contributed by atoms with Gasteiger partial charge in [0.2, 0.25) is 11.8 Å². The summed E-state index contributed by atoms with van der Waals surface area (Å²) in [6.45, 7) is 2.81. The predicted octanol–water partition coefficient (Wildman–Crippen LogP) is 0.730. The van der Waals surface area contributed by atoms with Crippen molar-refractivity contribution in [2.45, 2.75) is 38.8 Å². The van der Waals surface area contributed by atoms with Gasteiger partial charge in [-0.25, -0.2) is 9.18 Å². The molecule has 0 aromatic heterocycles. The van der Waals surface area contributed by atoms with E-state index >= 15 is 0 Å². The van der Waals surface area contributed by atoms with Crippen LogP contribution in [0.25, 0.3) is 0 Å². The zero-order valence-corrected chi connectivity index (χ0v) is 16.3. The summed E-state index contributed by atoms with van der Waals surface area (Å²) in [4.78, 5) is 47.8. The van der Waals surface area contributed by atoms with Crippen LogP contribution >= 0.6 is 0 Å². The summed E-state index contributed by atoms with van der Waals surface area (Å²) in [5.74, 6) is -3.43. The number of carbonyl (C=O) groups is 4. The Morgan fingerprint density at radius 3 is 2.04 bits per heavy atom. The number of methoxy groups -OCH3 is 2. The second-order valence-electron chi connectivity index (χ2n) is 6.33. The maximum absolute atomic E-state index is 13.1. The highest BCUT2D eigenvalue weighted by molar-refractivity contribution is 5.90. The normalized spacial score (nSPS) is 13.6. The first-order chi connectivity index (χ1) is 13.2. The monoisotopic (exact) mass is 396 g/mol. The van der Waals surface area contributed by atoms with Gasteiger partial charge in [0.1, 0.15) is 17.9 Å². The Bertz CT molecular complexity index is 707. The van der Waals surface area contributed by atoms with Crippen molar-refractivity contribution in [3.8, 4) is 0 Å². The maximum atomic E-state index is 13.1. The van der Waals surface area contributed by atoms with Gasteiger partial charge in [-0.15, -0.1) is 0 Å². The van der Waals surface area contributed by atoms with Gasteiger partial charge in [0.25, 0.3) is 0 Å². The van der Waals surface area contributed by atoms with Crippen LogP contribution in [0.15, 0.2) is 24.3 Å². The lowest BCUT2D eigenvalue weighted by Crippen LogP contribution is -2.53. The summed E-state index contributed by atoms with van der Waals surface area (Å²) in [6, 6.07) is 3.38. The fraction of sp³-hybridized carbons (Fsp3) is 0.474. The van der Waals surface area contributed by atoms with Crippen molar-refractivity contribution in [1.82, 2.24) is 10.6 Å². The Morgan fingerprint density at radius 2 is 1.54 bits per heavy atom. The van der Waals surface area contributed by atoms with Crippen molar-refractivity contribution in [3.05, 3.63) is 35.6 Å². The standard InChI is InChI=1S/C19H25FN2O6/c1-11(18(25)27-3)9-16(19(26)28-4)22-17(24)15(21-12(2)23)10-13-5-7-14(20)8-6-13/h5-8,11,15-16H,9-10H2,1-4H3,(H,21,23)(H,22,24)/t11-,15+,16+/m0/s1. The Labute approximate surface area is 162 Å². The van der Waals surface area contributed by atoms with E-state index in [9.17, 15) is 23.6 Å². The van der Waals surface area contributed by atoms with Gasteiger partial charge in [-0.1, -0.05) is 19.1 Å². The quantitative estimate of drug-likeness (QED) is 0.596. The summed E-state index contributed by atoms with van der Waals surface area (Å²) < 4.78 is 22.4. The zero-order valence-electron chi connectivity index (χ0n) is 16.3. The van der Waals surface area contributed by atoms with Crippen LogP contribution in [-0.2, 0) is 35.1 Å². The van der Waals surface area contributed by atoms with Crippen molar-refractivity contribution < 1.29 is 33.0 Å². The van der Waals surface area contributed by atoms with E-state index in [0.717, 1.165) is 7.11 Å². The molecule has 2 amide bonds.